The SMILES string of the molecule is CN(CCC#N)c1ncnc(Cl)c1CCl. The summed E-state index contributed by atoms with van der Waals surface area (Å²) in [4.78, 5) is 9.79. The summed E-state index contributed by atoms with van der Waals surface area (Å²) in [7, 11) is 1.84. The second-order valence-electron chi connectivity index (χ2n) is 2.93. The van der Waals surface area contributed by atoms with Gasteiger partial charge < -0.3 is 4.90 Å². The number of nitrogens with zero attached hydrogens (tertiary/aromatic N) is 4. The molecule has 1 heterocycles. The van der Waals surface area contributed by atoms with Crippen LogP contribution in [0.5, 0.6) is 0 Å². The molecule has 0 aliphatic carbocycles. The van der Waals surface area contributed by atoms with Gasteiger partial charge >= 0.3 is 0 Å². The first kappa shape index (κ1) is 12.0. The lowest BCUT2D eigenvalue weighted by atomic mass is 10.3. The number of aromatic nitrogens is 2. The van der Waals surface area contributed by atoms with Crippen LogP contribution in [0.15, 0.2) is 6.33 Å². The van der Waals surface area contributed by atoms with Gasteiger partial charge in [-0.25, -0.2) is 9.97 Å². The topological polar surface area (TPSA) is 52.8 Å². The summed E-state index contributed by atoms with van der Waals surface area (Å²) in [6.45, 7) is 0.591. The van der Waals surface area contributed by atoms with Crippen LogP contribution in [0.2, 0.25) is 5.15 Å². The fraction of sp³-hybridized carbons (Fsp3) is 0.444. The van der Waals surface area contributed by atoms with E-state index in [1.165, 1.54) is 6.33 Å². The molecule has 0 saturated heterocycles. The third-order valence-corrected chi connectivity index (χ3v) is 2.52. The number of rotatable bonds is 4. The van der Waals surface area contributed by atoms with E-state index >= 15 is 0 Å². The van der Waals surface area contributed by atoms with Crippen LogP contribution in [-0.4, -0.2) is 23.6 Å². The number of nitriles is 1. The number of halogens is 2. The van der Waals surface area contributed by atoms with Crippen molar-refractivity contribution in [3.05, 3.63) is 17.0 Å². The molecule has 0 amide bonds. The average Bonchev–Trinajstić information content (AvgIpc) is 2.25. The molecule has 4 nitrogen and oxygen atoms in total. The molecule has 0 spiro atoms. The summed E-state index contributed by atoms with van der Waals surface area (Å²) in [5.41, 5.74) is 0.696. The molecule has 0 saturated carbocycles. The lowest BCUT2D eigenvalue weighted by Gasteiger charge is -2.19. The molecular formula is C9H10Cl2N4. The Morgan fingerprint density at radius 1 is 1.53 bits per heavy atom. The van der Waals surface area contributed by atoms with Crippen LogP contribution in [0.3, 0.4) is 0 Å². The Labute approximate surface area is 98.5 Å². The van der Waals surface area contributed by atoms with Gasteiger partial charge in [0.2, 0.25) is 0 Å². The molecular weight excluding hydrogens is 235 g/mol. The van der Waals surface area contributed by atoms with E-state index in [1.807, 2.05) is 11.9 Å². The van der Waals surface area contributed by atoms with Crippen molar-refractivity contribution in [2.75, 3.05) is 18.5 Å². The molecule has 0 aliphatic rings. The van der Waals surface area contributed by atoms with Crippen molar-refractivity contribution in [3.8, 4) is 6.07 Å². The smallest absolute Gasteiger partial charge is 0.138 e. The summed E-state index contributed by atoms with van der Waals surface area (Å²) in [5.74, 6) is 0.937. The summed E-state index contributed by atoms with van der Waals surface area (Å²) in [6.07, 6.45) is 1.82. The highest BCUT2D eigenvalue weighted by atomic mass is 35.5. The van der Waals surface area contributed by atoms with Crippen LogP contribution < -0.4 is 4.90 Å². The first-order valence-corrected chi connectivity index (χ1v) is 5.25. The van der Waals surface area contributed by atoms with Gasteiger partial charge in [-0.3, -0.25) is 0 Å². The zero-order chi connectivity index (χ0) is 11.3. The van der Waals surface area contributed by atoms with Gasteiger partial charge in [0, 0.05) is 19.2 Å². The van der Waals surface area contributed by atoms with Crippen molar-refractivity contribution >= 4 is 29.0 Å². The van der Waals surface area contributed by atoms with Gasteiger partial charge in [-0.05, 0) is 0 Å². The molecule has 1 rings (SSSR count). The third kappa shape index (κ3) is 2.95. The molecule has 80 valence electrons. The van der Waals surface area contributed by atoms with E-state index in [4.69, 9.17) is 28.5 Å². The van der Waals surface area contributed by atoms with Crippen LogP contribution in [0.4, 0.5) is 5.82 Å². The monoisotopic (exact) mass is 244 g/mol. The Balaban J connectivity index is 2.93. The number of hydrogen-bond donors (Lipinski definition) is 0. The standard InChI is InChI=1S/C9H10Cl2N4/c1-15(4-2-3-12)9-7(5-10)8(11)13-6-14-9/h6H,2,4-5H2,1H3. The second-order valence-corrected chi connectivity index (χ2v) is 3.56. The molecule has 0 radical (unpaired) electrons. The van der Waals surface area contributed by atoms with E-state index in [9.17, 15) is 0 Å². The first-order chi connectivity index (χ1) is 7.20. The molecule has 0 unspecified atom stereocenters. The zero-order valence-corrected chi connectivity index (χ0v) is 9.76. The predicted octanol–water partition coefficient (Wildman–Crippen LogP) is 2.22. The second kappa shape index (κ2) is 5.74. The fourth-order valence-corrected chi connectivity index (χ4v) is 1.66. The van der Waals surface area contributed by atoms with Crippen molar-refractivity contribution in [2.45, 2.75) is 12.3 Å². The quantitative estimate of drug-likeness (QED) is 0.602. The van der Waals surface area contributed by atoms with Crippen molar-refractivity contribution in [1.82, 2.24) is 9.97 Å². The van der Waals surface area contributed by atoms with Crippen molar-refractivity contribution in [2.24, 2.45) is 0 Å². The van der Waals surface area contributed by atoms with E-state index in [0.717, 1.165) is 0 Å². The van der Waals surface area contributed by atoms with Gasteiger partial charge in [-0.15, -0.1) is 11.6 Å². The minimum atomic E-state index is 0.256. The van der Waals surface area contributed by atoms with Gasteiger partial charge in [-0.2, -0.15) is 5.26 Å². The average molecular weight is 245 g/mol. The van der Waals surface area contributed by atoms with Gasteiger partial charge in [0.25, 0.3) is 0 Å². The largest absolute Gasteiger partial charge is 0.358 e. The lowest BCUT2D eigenvalue weighted by molar-refractivity contribution is 0.870. The lowest BCUT2D eigenvalue weighted by Crippen LogP contribution is -2.21. The summed E-state index contributed by atoms with van der Waals surface area (Å²) < 4.78 is 0. The molecule has 6 heteroatoms. The molecule has 0 aromatic carbocycles. The van der Waals surface area contributed by atoms with Crippen LogP contribution in [0, 0.1) is 11.3 Å². The molecule has 0 N–H and O–H groups in total. The van der Waals surface area contributed by atoms with Gasteiger partial charge in [0.15, 0.2) is 0 Å². The van der Waals surface area contributed by atoms with Gasteiger partial charge in [-0.1, -0.05) is 11.6 Å². The van der Waals surface area contributed by atoms with Gasteiger partial charge in [0.05, 0.1) is 18.4 Å². The van der Waals surface area contributed by atoms with E-state index in [1.54, 1.807) is 0 Å². The molecule has 0 fully saturated rings. The Morgan fingerprint density at radius 3 is 2.87 bits per heavy atom. The minimum absolute atomic E-state index is 0.256. The zero-order valence-electron chi connectivity index (χ0n) is 8.24. The highest BCUT2D eigenvalue weighted by Gasteiger charge is 2.12. The Morgan fingerprint density at radius 2 is 2.27 bits per heavy atom. The Bertz CT molecular complexity index is 375. The molecule has 0 atom stereocenters. The van der Waals surface area contributed by atoms with Crippen LogP contribution in [-0.2, 0) is 5.88 Å². The number of hydrogen-bond acceptors (Lipinski definition) is 4. The van der Waals surface area contributed by atoms with Crippen molar-refractivity contribution < 1.29 is 0 Å². The molecule has 1 aromatic rings. The highest BCUT2D eigenvalue weighted by molar-refractivity contribution is 6.31. The maximum atomic E-state index is 8.48. The first-order valence-electron chi connectivity index (χ1n) is 4.34. The molecule has 0 aliphatic heterocycles. The normalized spacial score (nSPS) is 9.73. The minimum Gasteiger partial charge on any atom is -0.358 e. The Hall–Kier alpha value is -1.05. The van der Waals surface area contributed by atoms with E-state index in [-0.39, 0.29) is 5.88 Å². The number of anilines is 1. The predicted molar refractivity (Wildman–Crippen MR) is 60.1 cm³/mol. The van der Waals surface area contributed by atoms with Crippen LogP contribution >= 0.6 is 23.2 Å². The van der Waals surface area contributed by atoms with E-state index < -0.39 is 0 Å². The molecule has 1 aromatic heterocycles. The summed E-state index contributed by atoms with van der Waals surface area (Å²) in [6, 6.07) is 2.07. The molecule has 0 bridgehead atoms. The van der Waals surface area contributed by atoms with Crippen molar-refractivity contribution in [3.63, 3.8) is 0 Å². The van der Waals surface area contributed by atoms with E-state index in [0.29, 0.717) is 29.5 Å². The fourth-order valence-electron chi connectivity index (χ4n) is 1.15. The van der Waals surface area contributed by atoms with Crippen molar-refractivity contribution in [1.29, 1.82) is 5.26 Å². The highest BCUT2D eigenvalue weighted by Crippen LogP contribution is 2.24. The summed E-state index contributed by atoms with van der Waals surface area (Å²) in [5, 5.41) is 8.84. The molecule has 15 heavy (non-hydrogen) atoms. The van der Waals surface area contributed by atoms with Gasteiger partial charge in [0.1, 0.15) is 17.3 Å². The third-order valence-electron chi connectivity index (χ3n) is 1.92. The maximum absolute atomic E-state index is 8.48. The summed E-state index contributed by atoms with van der Waals surface area (Å²) >= 11 is 11.6. The maximum Gasteiger partial charge on any atom is 0.138 e. The van der Waals surface area contributed by atoms with E-state index in [2.05, 4.69) is 16.0 Å². The van der Waals surface area contributed by atoms with Crippen LogP contribution in [0.25, 0.3) is 0 Å². The number of alkyl halides is 1. The van der Waals surface area contributed by atoms with Crippen LogP contribution in [0.1, 0.15) is 12.0 Å². The Kier molecular flexibility index (Phi) is 4.60.